The summed E-state index contributed by atoms with van der Waals surface area (Å²) in [4.78, 5) is 29.6. The van der Waals surface area contributed by atoms with Crippen LogP contribution in [0.3, 0.4) is 0 Å². The van der Waals surface area contributed by atoms with Crippen LogP contribution >= 0.6 is 0 Å². The third-order valence-electron chi connectivity index (χ3n) is 6.03. The van der Waals surface area contributed by atoms with Crippen LogP contribution in [-0.4, -0.2) is 36.9 Å². The molecular weight excluding hydrogens is 462 g/mol. The van der Waals surface area contributed by atoms with Crippen molar-refractivity contribution in [2.24, 2.45) is 0 Å². The predicted molar refractivity (Wildman–Crippen MR) is 120 cm³/mol. The van der Waals surface area contributed by atoms with Gasteiger partial charge in [-0.15, -0.1) is 8.78 Å². The van der Waals surface area contributed by atoms with Gasteiger partial charge in [0.1, 0.15) is 23.6 Å². The van der Waals surface area contributed by atoms with Crippen molar-refractivity contribution in [3.63, 3.8) is 0 Å². The second-order valence-corrected chi connectivity index (χ2v) is 8.47. The number of aryl methyl sites for hydroxylation is 1. The third-order valence-corrected chi connectivity index (χ3v) is 6.03. The lowest BCUT2D eigenvalue weighted by molar-refractivity contribution is -0.286. The summed E-state index contributed by atoms with van der Waals surface area (Å²) in [6.07, 6.45) is -3.77. The summed E-state index contributed by atoms with van der Waals surface area (Å²) in [7, 11) is 1.32. The molecule has 0 radical (unpaired) electrons. The molecule has 2 aliphatic rings. The molecule has 0 aliphatic carbocycles. The molecule has 2 aromatic carbocycles. The summed E-state index contributed by atoms with van der Waals surface area (Å²) in [6, 6.07) is 12.9. The molecule has 35 heavy (non-hydrogen) atoms. The molecule has 0 saturated carbocycles. The number of methoxy groups -OCH3 is 1. The van der Waals surface area contributed by atoms with Gasteiger partial charge in [-0.3, -0.25) is 4.79 Å². The SMILES string of the molecule is COC(=O)c1ccc(-c2cccc(NC(=O)[C@@]3(C)COc4cc5c(cc43)OC(F)(F)O5)n2)c(C)c1. The van der Waals surface area contributed by atoms with Gasteiger partial charge in [-0.1, -0.05) is 12.1 Å². The number of esters is 1. The van der Waals surface area contributed by atoms with Gasteiger partial charge in [-0.05, 0) is 49.7 Å². The van der Waals surface area contributed by atoms with Gasteiger partial charge in [0.25, 0.3) is 0 Å². The number of alkyl halides is 2. The highest BCUT2D eigenvalue weighted by molar-refractivity contribution is 6.00. The zero-order chi connectivity index (χ0) is 25.0. The number of rotatable bonds is 4. The van der Waals surface area contributed by atoms with Gasteiger partial charge < -0.3 is 24.3 Å². The standard InChI is InChI=1S/C25H20F2N2O6/c1-13-9-14(22(30)32-3)7-8-15(13)17-5-4-6-21(28-17)29-23(31)24(2)12-33-18-11-20-19(10-16(18)24)34-25(26,27)35-20/h4-11H,12H2,1-3H3,(H,28,29,31)/t24-/m0/s1. The van der Waals surface area contributed by atoms with E-state index < -0.39 is 23.6 Å². The molecule has 1 aromatic heterocycles. The van der Waals surface area contributed by atoms with Gasteiger partial charge in [0.2, 0.25) is 5.91 Å². The van der Waals surface area contributed by atoms with Crippen LogP contribution in [0.15, 0.2) is 48.5 Å². The molecule has 1 N–H and O–H groups in total. The molecule has 5 rings (SSSR count). The van der Waals surface area contributed by atoms with Gasteiger partial charge in [-0.2, -0.15) is 0 Å². The number of pyridine rings is 1. The third kappa shape index (κ3) is 3.90. The van der Waals surface area contributed by atoms with E-state index in [4.69, 9.17) is 9.47 Å². The second kappa shape index (κ2) is 7.93. The normalized spacial score (nSPS) is 19.0. The average Bonchev–Trinajstić information content (AvgIpc) is 3.31. The number of nitrogens with zero attached hydrogens (tertiary/aromatic N) is 1. The monoisotopic (exact) mass is 482 g/mol. The van der Waals surface area contributed by atoms with Crippen molar-refractivity contribution < 1.29 is 37.3 Å². The van der Waals surface area contributed by atoms with Crippen molar-refractivity contribution in [1.82, 2.24) is 4.98 Å². The number of halogens is 2. The Kier molecular flexibility index (Phi) is 5.12. The number of hydrogen-bond acceptors (Lipinski definition) is 7. The van der Waals surface area contributed by atoms with E-state index in [1.807, 2.05) is 6.92 Å². The fraction of sp³-hybridized carbons (Fsp3) is 0.240. The Morgan fingerprint density at radius 3 is 2.51 bits per heavy atom. The molecule has 1 atom stereocenters. The Bertz CT molecular complexity index is 1380. The van der Waals surface area contributed by atoms with Crippen LogP contribution < -0.4 is 19.5 Å². The molecule has 0 unspecified atom stereocenters. The van der Waals surface area contributed by atoms with E-state index in [2.05, 4.69) is 19.8 Å². The summed E-state index contributed by atoms with van der Waals surface area (Å²) in [5.74, 6) is -0.612. The molecule has 2 aliphatic heterocycles. The number of fused-ring (bicyclic) bond motifs is 2. The van der Waals surface area contributed by atoms with Gasteiger partial charge in [0.15, 0.2) is 11.5 Å². The lowest BCUT2D eigenvalue weighted by atomic mass is 9.83. The van der Waals surface area contributed by atoms with Crippen molar-refractivity contribution in [1.29, 1.82) is 0 Å². The van der Waals surface area contributed by atoms with Crippen LogP contribution in [0.2, 0.25) is 0 Å². The van der Waals surface area contributed by atoms with Crippen molar-refractivity contribution in [2.75, 3.05) is 19.0 Å². The van der Waals surface area contributed by atoms with Crippen molar-refractivity contribution in [3.05, 3.63) is 65.2 Å². The smallest absolute Gasteiger partial charge is 0.492 e. The second-order valence-electron chi connectivity index (χ2n) is 8.47. The zero-order valence-corrected chi connectivity index (χ0v) is 19.0. The molecule has 0 spiro atoms. The van der Waals surface area contributed by atoms with Gasteiger partial charge >= 0.3 is 12.3 Å². The van der Waals surface area contributed by atoms with Gasteiger partial charge in [0.05, 0.1) is 18.4 Å². The maximum atomic E-state index is 13.5. The van der Waals surface area contributed by atoms with Crippen LogP contribution in [0.25, 0.3) is 11.3 Å². The molecule has 10 heteroatoms. The lowest BCUT2D eigenvalue weighted by Gasteiger charge is -2.21. The molecule has 0 saturated heterocycles. The Labute approximate surface area is 198 Å². The first kappa shape index (κ1) is 22.6. The molecule has 0 bridgehead atoms. The van der Waals surface area contributed by atoms with E-state index in [9.17, 15) is 18.4 Å². The fourth-order valence-corrected chi connectivity index (χ4v) is 4.12. The van der Waals surface area contributed by atoms with Gasteiger partial charge in [0, 0.05) is 17.2 Å². The molecule has 8 nitrogen and oxygen atoms in total. The maximum Gasteiger partial charge on any atom is 0.586 e. The number of benzene rings is 2. The Morgan fingerprint density at radius 1 is 1.06 bits per heavy atom. The number of amides is 1. The van der Waals surface area contributed by atoms with Crippen molar-refractivity contribution >= 4 is 17.7 Å². The minimum atomic E-state index is -3.77. The molecule has 0 fully saturated rings. The minimum absolute atomic E-state index is 0.00123. The van der Waals surface area contributed by atoms with Crippen molar-refractivity contribution in [2.45, 2.75) is 25.6 Å². The molecule has 180 valence electrons. The van der Waals surface area contributed by atoms with Crippen LogP contribution in [-0.2, 0) is 14.9 Å². The van der Waals surface area contributed by atoms with Crippen LogP contribution in [0.5, 0.6) is 17.2 Å². The fourth-order valence-electron chi connectivity index (χ4n) is 4.12. The van der Waals surface area contributed by atoms with E-state index in [1.165, 1.54) is 19.2 Å². The summed E-state index contributed by atoms with van der Waals surface area (Å²) in [5, 5.41) is 2.79. The Hall–Kier alpha value is -4.21. The summed E-state index contributed by atoms with van der Waals surface area (Å²) >= 11 is 0. The average molecular weight is 482 g/mol. The van der Waals surface area contributed by atoms with Gasteiger partial charge in [-0.25, -0.2) is 9.78 Å². The van der Waals surface area contributed by atoms with E-state index in [0.29, 0.717) is 22.6 Å². The summed E-state index contributed by atoms with van der Waals surface area (Å²) < 4.78 is 46.3. The number of carbonyl (C=O) groups excluding carboxylic acids is 2. The predicted octanol–water partition coefficient (Wildman–Crippen LogP) is 4.45. The highest BCUT2D eigenvalue weighted by atomic mass is 19.3. The molecular formula is C25H20F2N2O6. The number of hydrogen-bond donors (Lipinski definition) is 1. The highest BCUT2D eigenvalue weighted by Crippen LogP contribution is 2.50. The van der Waals surface area contributed by atoms with E-state index in [-0.39, 0.29) is 23.9 Å². The quantitative estimate of drug-likeness (QED) is 0.549. The number of nitrogens with one attached hydrogen (secondary N) is 1. The van der Waals surface area contributed by atoms with Crippen LogP contribution in [0.4, 0.5) is 14.6 Å². The zero-order valence-electron chi connectivity index (χ0n) is 19.0. The topological polar surface area (TPSA) is 96.0 Å². The first-order chi connectivity index (χ1) is 16.6. The highest BCUT2D eigenvalue weighted by Gasteiger charge is 2.49. The minimum Gasteiger partial charge on any atom is -0.492 e. The first-order valence-corrected chi connectivity index (χ1v) is 10.6. The Morgan fingerprint density at radius 2 is 1.80 bits per heavy atom. The summed E-state index contributed by atoms with van der Waals surface area (Å²) in [5.41, 5.74) is 1.83. The first-order valence-electron chi connectivity index (χ1n) is 10.6. The molecule has 3 aromatic rings. The van der Waals surface area contributed by atoms with E-state index in [0.717, 1.165) is 11.1 Å². The molecule has 3 heterocycles. The number of ether oxygens (including phenoxy) is 4. The van der Waals surface area contributed by atoms with Crippen LogP contribution in [0, 0.1) is 6.92 Å². The van der Waals surface area contributed by atoms with E-state index >= 15 is 0 Å². The number of anilines is 1. The number of aromatic nitrogens is 1. The Balaban J connectivity index is 1.40. The summed E-state index contributed by atoms with van der Waals surface area (Å²) in [6.45, 7) is 3.49. The largest absolute Gasteiger partial charge is 0.586 e. The lowest BCUT2D eigenvalue weighted by Crippen LogP contribution is -2.39. The number of carbonyl (C=O) groups is 2. The van der Waals surface area contributed by atoms with Crippen molar-refractivity contribution in [3.8, 4) is 28.5 Å². The molecule has 1 amide bonds. The van der Waals surface area contributed by atoms with E-state index in [1.54, 1.807) is 43.3 Å². The maximum absolute atomic E-state index is 13.5. The van der Waals surface area contributed by atoms with Crippen LogP contribution in [0.1, 0.15) is 28.4 Å².